The molecule has 0 radical (unpaired) electrons. The van der Waals surface area contributed by atoms with E-state index in [1.165, 1.54) is 7.05 Å². The van der Waals surface area contributed by atoms with Crippen LogP contribution in [0, 0.1) is 0 Å². The van der Waals surface area contributed by atoms with E-state index in [-0.39, 0.29) is 11.6 Å². The average Bonchev–Trinajstić information content (AvgIpc) is 2.17. The summed E-state index contributed by atoms with van der Waals surface area (Å²) in [7, 11) is 1.49. The summed E-state index contributed by atoms with van der Waals surface area (Å²) >= 11 is 3.90. The summed E-state index contributed by atoms with van der Waals surface area (Å²) in [5.74, 6) is 0.294. The van der Waals surface area contributed by atoms with Crippen LogP contribution >= 0.6 is 12.6 Å². The molecule has 0 amide bonds. The van der Waals surface area contributed by atoms with Gasteiger partial charge in [-0.15, -0.1) is 0 Å². The van der Waals surface area contributed by atoms with E-state index in [4.69, 9.17) is 5.11 Å². The van der Waals surface area contributed by atoms with Crippen LogP contribution in [0.25, 0.3) is 0 Å². The van der Waals surface area contributed by atoms with E-state index >= 15 is 0 Å². The van der Waals surface area contributed by atoms with Crippen molar-refractivity contribution in [3.63, 3.8) is 0 Å². The van der Waals surface area contributed by atoms with Gasteiger partial charge in [0.15, 0.2) is 0 Å². The molecule has 0 aliphatic carbocycles. The molecule has 0 spiro atoms. The highest BCUT2D eigenvalue weighted by atomic mass is 32.1. The van der Waals surface area contributed by atoms with Crippen molar-refractivity contribution in [2.24, 2.45) is 7.05 Å². The maximum atomic E-state index is 10.7. The van der Waals surface area contributed by atoms with E-state index in [0.29, 0.717) is 11.4 Å². The zero-order chi connectivity index (χ0) is 7.72. The monoisotopic (exact) mass is 160 g/mol. The molecule has 4 nitrogen and oxygen atoms in total. The average molecular weight is 160 g/mol. The number of aromatic amines is 1. The van der Waals surface area contributed by atoms with Crippen molar-refractivity contribution in [2.45, 2.75) is 5.75 Å². The SMILES string of the molecule is Cn1c(O)c(CS)[nH]c1=O. The molecule has 10 heavy (non-hydrogen) atoms. The molecular weight excluding hydrogens is 152 g/mol. The Bertz CT molecular complexity index is 288. The summed E-state index contributed by atoms with van der Waals surface area (Å²) < 4.78 is 1.13. The van der Waals surface area contributed by atoms with Crippen molar-refractivity contribution >= 4 is 12.6 Å². The van der Waals surface area contributed by atoms with Gasteiger partial charge in [0.05, 0.1) is 5.69 Å². The Balaban J connectivity index is 3.31. The van der Waals surface area contributed by atoms with Crippen molar-refractivity contribution in [2.75, 3.05) is 0 Å². The van der Waals surface area contributed by atoms with Crippen LogP contribution in [0.1, 0.15) is 5.69 Å². The van der Waals surface area contributed by atoms with E-state index < -0.39 is 0 Å². The lowest BCUT2D eigenvalue weighted by Crippen LogP contribution is -2.11. The van der Waals surface area contributed by atoms with E-state index in [0.717, 1.165) is 4.57 Å². The van der Waals surface area contributed by atoms with Gasteiger partial charge in [0.25, 0.3) is 0 Å². The summed E-state index contributed by atoms with van der Waals surface area (Å²) in [6.07, 6.45) is 0. The third-order valence-electron chi connectivity index (χ3n) is 1.31. The molecule has 56 valence electrons. The second-order valence-corrected chi connectivity index (χ2v) is 2.27. The van der Waals surface area contributed by atoms with Crippen LogP contribution in [0.2, 0.25) is 0 Å². The molecular formula is C5H8N2O2S. The molecule has 1 rings (SSSR count). The fraction of sp³-hybridized carbons (Fsp3) is 0.400. The lowest BCUT2D eigenvalue weighted by molar-refractivity contribution is 0.425. The van der Waals surface area contributed by atoms with Gasteiger partial charge < -0.3 is 10.1 Å². The van der Waals surface area contributed by atoms with E-state index in [2.05, 4.69) is 17.6 Å². The zero-order valence-corrected chi connectivity index (χ0v) is 6.35. The van der Waals surface area contributed by atoms with Gasteiger partial charge in [0, 0.05) is 12.8 Å². The van der Waals surface area contributed by atoms with Crippen molar-refractivity contribution in [3.05, 3.63) is 16.2 Å². The second kappa shape index (κ2) is 2.42. The Kier molecular flexibility index (Phi) is 1.76. The first-order valence-electron chi connectivity index (χ1n) is 2.74. The van der Waals surface area contributed by atoms with Gasteiger partial charge in [0.2, 0.25) is 5.88 Å². The molecule has 0 saturated heterocycles. The number of hydrogen-bond acceptors (Lipinski definition) is 3. The lowest BCUT2D eigenvalue weighted by atomic mass is 10.5. The Morgan fingerprint density at radius 2 is 2.40 bits per heavy atom. The van der Waals surface area contributed by atoms with Gasteiger partial charge >= 0.3 is 5.69 Å². The highest BCUT2D eigenvalue weighted by molar-refractivity contribution is 7.79. The van der Waals surface area contributed by atoms with Gasteiger partial charge in [-0.25, -0.2) is 4.79 Å². The third kappa shape index (κ3) is 0.923. The number of imidazole rings is 1. The van der Waals surface area contributed by atoms with E-state index in [1.54, 1.807) is 0 Å². The van der Waals surface area contributed by atoms with Gasteiger partial charge in [-0.05, 0) is 0 Å². The van der Waals surface area contributed by atoms with E-state index in [9.17, 15) is 4.79 Å². The minimum atomic E-state index is -0.318. The van der Waals surface area contributed by atoms with Crippen molar-refractivity contribution in [3.8, 4) is 5.88 Å². The Morgan fingerprint density at radius 1 is 1.80 bits per heavy atom. The fourth-order valence-electron chi connectivity index (χ4n) is 0.678. The molecule has 0 bridgehead atoms. The first-order chi connectivity index (χ1) is 4.66. The quantitative estimate of drug-likeness (QED) is 0.500. The van der Waals surface area contributed by atoms with Crippen molar-refractivity contribution in [1.82, 2.24) is 9.55 Å². The number of rotatable bonds is 1. The smallest absolute Gasteiger partial charge is 0.328 e. The number of hydrogen-bond donors (Lipinski definition) is 3. The molecule has 2 N–H and O–H groups in total. The van der Waals surface area contributed by atoms with Crippen LogP contribution in [-0.2, 0) is 12.8 Å². The van der Waals surface area contributed by atoms with Crippen LogP contribution in [0.15, 0.2) is 4.79 Å². The molecule has 1 heterocycles. The first-order valence-corrected chi connectivity index (χ1v) is 3.37. The maximum absolute atomic E-state index is 10.7. The number of thiol groups is 1. The molecule has 5 heteroatoms. The summed E-state index contributed by atoms with van der Waals surface area (Å²) in [5.41, 5.74) is 0.136. The maximum Gasteiger partial charge on any atom is 0.328 e. The summed E-state index contributed by atoms with van der Waals surface area (Å²) in [6.45, 7) is 0. The molecule has 0 fully saturated rings. The largest absolute Gasteiger partial charge is 0.493 e. The first kappa shape index (κ1) is 7.27. The number of aromatic nitrogens is 2. The Morgan fingerprint density at radius 3 is 2.60 bits per heavy atom. The van der Waals surface area contributed by atoms with Gasteiger partial charge in [0.1, 0.15) is 0 Å². The van der Waals surface area contributed by atoms with Crippen LogP contribution in [-0.4, -0.2) is 14.7 Å². The molecule has 1 aromatic rings. The second-order valence-electron chi connectivity index (χ2n) is 1.95. The minimum Gasteiger partial charge on any atom is -0.493 e. The van der Waals surface area contributed by atoms with Crippen LogP contribution in [0.3, 0.4) is 0 Å². The van der Waals surface area contributed by atoms with Crippen LogP contribution in [0.5, 0.6) is 5.88 Å². The highest BCUT2D eigenvalue weighted by Crippen LogP contribution is 2.11. The molecule has 0 aliphatic heterocycles. The van der Waals surface area contributed by atoms with Gasteiger partial charge in [-0.3, -0.25) is 4.57 Å². The van der Waals surface area contributed by atoms with E-state index in [1.807, 2.05) is 0 Å². The van der Waals surface area contributed by atoms with Gasteiger partial charge in [-0.1, -0.05) is 0 Å². The normalized spacial score (nSPS) is 10.2. The van der Waals surface area contributed by atoms with Gasteiger partial charge in [-0.2, -0.15) is 12.6 Å². The van der Waals surface area contributed by atoms with Crippen LogP contribution < -0.4 is 5.69 Å². The predicted octanol–water partition coefficient (Wildman–Crippen LogP) is -0.151. The summed E-state index contributed by atoms with van der Waals surface area (Å²) in [4.78, 5) is 13.2. The molecule has 0 aliphatic rings. The van der Waals surface area contributed by atoms with Crippen molar-refractivity contribution < 1.29 is 5.11 Å². The highest BCUT2D eigenvalue weighted by Gasteiger charge is 2.06. The standard InChI is InChI=1S/C5H8N2O2S/c1-7-4(8)3(2-10)6-5(7)9/h8,10H,2H2,1H3,(H,6,9). The number of nitrogens with zero attached hydrogens (tertiary/aromatic N) is 1. The predicted molar refractivity (Wildman–Crippen MR) is 40.4 cm³/mol. The third-order valence-corrected chi connectivity index (χ3v) is 1.62. The number of H-pyrrole nitrogens is 1. The minimum absolute atomic E-state index is 0.0417. The number of nitrogens with one attached hydrogen (secondary N) is 1. The van der Waals surface area contributed by atoms with Crippen LogP contribution in [0.4, 0.5) is 0 Å². The number of aromatic hydroxyl groups is 1. The summed E-state index contributed by atoms with van der Waals surface area (Å²) in [6, 6.07) is 0. The zero-order valence-electron chi connectivity index (χ0n) is 5.46. The molecule has 0 saturated carbocycles. The molecule has 0 aromatic carbocycles. The molecule has 0 unspecified atom stereocenters. The molecule has 0 atom stereocenters. The fourth-order valence-corrected chi connectivity index (χ4v) is 0.898. The topological polar surface area (TPSA) is 58.0 Å². The lowest BCUT2D eigenvalue weighted by Gasteiger charge is -1.91. The van der Waals surface area contributed by atoms with Crippen molar-refractivity contribution in [1.29, 1.82) is 0 Å². The summed E-state index contributed by atoms with van der Waals surface area (Å²) in [5, 5.41) is 9.10. The molecule has 1 aromatic heterocycles. The Hall–Kier alpha value is -0.840. The Labute approximate surface area is 62.9 Å².